The van der Waals surface area contributed by atoms with Crippen LogP contribution in [0, 0.1) is 0 Å². The van der Waals surface area contributed by atoms with Crippen LogP contribution in [0.1, 0.15) is 0 Å². The minimum absolute atomic E-state index is 0.898. The lowest BCUT2D eigenvalue weighted by atomic mass is 10.00. The fourth-order valence-electron chi connectivity index (χ4n) is 8.71. The van der Waals surface area contributed by atoms with Crippen molar-refractivity contribution in [2.45, 2.75) is 0 Å². The van der Waals surface area contributed by atoms with Gasteiger partial charge in [-0.1, -0.05) is 133 Å². The van der Waals surface area contributed by atoms with E-state index in [0.717, 1.165) is 83.2 Å². The number of anilines is 3. The van der Waals surface area contributed by atoms with Crippen molar-refractivity contribution in [2.24, 2.45) is 0 Å². The molecule has 0 atom stereocenters. The summed E-state index contributed by atoms with van der Waals surface area (Å²) in [4.78, 5) is 2.35. The molecule has 0 aliphatic rings. The molecule has 9 aromatic carbocycles. The first-order valence-corrected chi connectivity index (χ1v) is 20.4. The van der Waals surface area contributed by atoms with Gasteiger partial charge < -0.3 is 13.7 Å². The molecule has 0 saturated heterocycles. The summed E-state index contributed by atoms with van der Waals surface area (Å²) in [6.45, 7) is 0. The molecule has 3 heterocycles. The second-order valence-corrected chi connectivity index (χ2v) is 15.9. The van der Waals surface area contributed by atoms with Gasteiger partial charge in [-0.25, -0.2) is 0 Å². The second-order valence-electron chi connectivity index (χ2n) is 14.8. The Bertz CT molecular complexity index is 3520. The molecule has 0 bridgehead atoms. The molecule has 0 spiro atoms. The third-order valence-corrected chi connectivity index (χ3v) is 12.7. The standard InChI is InChI=1S/C54H33NO2S/c1-5-20-50-43(12-1)46-17-8-15-41(53(46)57-50)37-10-7-11-40(32-37)55(38-27-22-34(23-28-38)36-26-31-51-48(33-36)44-13-2-4-19-49(44)56-51)39-29-24-35(25-30-39)42-16-9-18-47-45-14-3-6-21-52(45)58-54(42)47/h1-33H. The minimum atomic E-state index is 0.898. The van der Waals surface area contributed by atoms with E-state index in [2.05, 4.69) is 181 Å². The summed E-state index contributed by atoms with van der Waals surface area (Å²) in [5, 5.41) is 7.13. The van der Waals surface area contributed by atoms with Crippen LogP contribution >= 0.6 is 11.3 Å². The van der Waals surface area contributed by atoms with Crippen molar-refractivity contribution < 1.29 is 8.83 Å². The van der Waals surface area contributed by atoms with Crippen LogP contribution < -0.4 is 4.90 Å². The van der Waals surface area contributed by atoms with Crippen molar-refractivity contribution in [1.29, 1.82) is 0 Å². The topological polar surface area (TPSA) is 29.5 Å². The zero-order chi connectivity index (χ0) is 38.2. The highest BCUT2D eigenvalue weighted by Gasteiger charge is 2.18. The van der Waals surface area contributed by atoms with Crippen LogP contribution in [0.5, 0.6) is 0 Å². The summed E-state index contributed by atoms with van der Waals surface area (Å²) in [5.74, 6) is 0. The molecule has 0 N–H and O–H groups in total. The Morgan fingerprint density at radius 2 is 0.914 bits per heavy atom. The number of para-hydroxylation sites is 3. The average Bonchev–Trinajstić information content (AvgIpc) is 3.98. The molecule has 0 aliphatic heterocycles. The highest BCUT2D eigenvalue weighted by molar-refractivity contribution is 7.26. The molecule has 0 aliphatic carbocycles. The van der Waals surface area contributed by atoms with Crippen LogP contribution in [-0.2, 0) is 0 Å². The molecule has 0 unspecified atom stereocenters. The van der Waals surface area contributed by atoms with Crippen LogP contribution in [0.2, 0.25) is 0 Å². The maximum Gasteiger partial charge on any atom is 0.143 e. The predicted octanol–water partition coefficient (Wildman–Crippen LogP) is 16.3. The zero-order valence-corrected chi connectivity index (χ0v) is 32.0. The molecule has 3 nitrogen and oxygen atoms in total. The molecule has 4 heteroatoms. The van der Waals surface area contributed by atoms with Gasteiger partial charge in [0.25, 0.3) is 0 Å². The largest absolute Gasteiger partial charge is 0.456 e. The smallest absolute Gasteiger partial charge is 0.143 e. The van der Waals surface area contributed by atoms with E-state index in [1.165, 1.54) is 31.3 Å². The Kier molecular flexibility index (Phi) is 7.40. The summed E-state index contributed by atoms with van der Waals surface area (Å²) in [6.07, 6.45) is 0. The number of furan rings is 2. The summed E-state index contributed by atoms with van der Waals surface area (Å²) >= 11 is 1.87. The first-order valence-electron chi connectivity index (χ1n) is 19.6. The third kappa shape index (κ3) is 5.27. The summed E-state index contributed by atoms with van der Waals surface area (Å²) in [7, 11) is 0. The lowest BCUT2D eigenvalue weighted by molar-refractivity contribution is 0.669. The van der Waals surface area contributed by atoms with E-state index in [1.54, 1.807) is 0 Å². The molecule has 0 saturated carbocycles. The van der Waals surface area contributed by atoms with Gasteiger partial charge >= 0.3 is 0 Å². The van der Waals surface area contributed by atoms with Crippen LogP contribution in [0.15, 0.2) is 209 Å². The van der Waals surface area contributed by atoms with Crippen LogP contribution in [-0.4, -0.2) is 0 Å². The van der Waals surface area contributed by atoms with E-state index in [4.69, 9.17) is 8.83 Å². The van der Waals surface area contributed by atoms with E-state index in [-0.39, 0.29) is 0 Å². The maximum absolute atomic E-state index is 6.49. The minimum Gasteiger partial charge on any atom is -0.456 e. The molecule has 0 amide bonds. The number of hydrogen-bond donors (Lipinski definition) is 0. The molecule has 0 fully saturated rings. The number of nitrogens with zero attached hydrogens (tertiary/aromatic N) is 1. The Morgan fingerprint density at radius 1 is 0.328 bits per heavy atom. The van der Waals surface area contributed by atoms with E-state index < -0.39 is 0 Å². The summed E-state index contributed by atoms with van der Waals surface area (Å²) in [5.41, 5.74) is 13.7. The first kappa shape index (κ1) is 32.8. The van der Waals surface area contributed by atoms with Crippen molar-refractivity contribution in [3.05, 3.63) is 200 Å². The summed E-state index contributed by atoms with van der Waals surface area (Å²) in [6, 6.07) is 71.5. The number of thiophene rings is 1. The number of rotatable bonds is 6. The zero-order valence-electron chi connectivity index (χ0n) is 31.2. The van der Waals surface area contributed by atoms with Gasteiger partial charge in [-0.3, -0.25) is 0 Å². The molecule has 12 rings (SSSR count). The third-order valence-electron chi connectivity index (χ3n) is 11.5. The van der Waals surface area contributed by atoms with Crippen molar-refractivity contribution in [3.8, 4) is 33.4 Å². The van der Waals surface area contributed by atoms with Crippen molar-refractivity contribution in [3.63, 3.8) is 0 Å². The Morgan fingerprint density at radius 3 is 1.71 bits per heavy atom. The van der Waals surface area contributed by atoms with Crippen molar-refractivity contribution in [2.75, 3.05) is 4.90 Å². The van der Waals surface area contributed by atoms with Crippen LogP contribution in [0.4, 0.5) is 17.1 Å². The Labute approximate surface area is 338 Å². The normalized spacial score (nSPS) is 11.8. The average molecular weight is 760 g/mol. The lowest BCUT2D eigenvalue weighted by Crippen LogP contribution is -2.10. The van der Waals surface area contributed by atoms with Gasteiger partial charge in [-0.2, -0.15) is 0 Å². The molecule has 0 radical (unpaired) electrons. The Balaban J connectivity index is 0.975. The monoisotopic (exact) mass is 759 g/mol. The van der Waals surface area contributed by atoms with Crippen molar-refractivity contribution >= 4 is 92.4 Å². The van der Waals surface area contributed by atoms with Crippen LogP contribution in [0.3, 0.4) is 0 Å². The van der Waals surface area contributed by atoms with Gasteiger partial charge in [0.1, 0.15) is 22.3 Å². The second kappa shape index (κ2) is 13.1. The maximum atomic E-state index is 6.49. The number of fused-ring (bicyclic) bond motifs is 9. The van der Waals surface area contributed by atoms with E-state index in [0.29, 0.717) is 0 Å². The van der Waals surface area contributed by atoms with Gasteiger partial charge in [0, 0.05) is 64.3 Å². The van der Waals surface area contributed by atoms with Crippen molar-refractivity contribution in [1.82, 2.24) is 0 Å². The predicted molar refractivity (Wildman–Crippen MR) is 245 cm³/mol. The van der Waals surface area contributed by atoms with Crippen LogP contribution in [0.25, 0.3) is 97.4 Å². The van der Waals surface area contributed by atoms with Gasteiger partial charge in [0.15, 0.2) is 0 Å². The highest BCUT2D eigenvalue weighted by Crippen LogP contribution is 2.43. The fourth-order valence-corrected chi connectivity index (χ4v) is 9.95. The first-order chi connectivity index (χ1) is 28.7. The quantitative estimate of drug-likeness (QED) is 0.169. The fraction of sp³-hybridized carbons (Fsp3) is 0. The SMILES string of the molecule is c1cc(-c2cccc3c2oc2ccccc23)cc(N(c2ccc(-c3ccc4oc5ccccc5c4c3)cc2)c2ccc(-c3cccc4c3sc3ccccc34)cc2)c1. The number of hydrogen-bond acceptors (Lipinski definition) is 4. The molecule has 272 valence electrons. The highest BCUT2D eigenvalue weighted by atomic mass is 32.1. The van der Waals surface area contributed by atoms with E-state index in [9.17, 15) is 0 Å². The van der Waals surface area contributed by atoms with E-state index in [1.807, 2.05) is 35.6 Å². The number of benzene rings is 9. The van der Waals surface area contributed by atoms with Gasteiger partial charge in [-0.15, -0.1) is 11.3 Å². The summed E-state index contributed by atoms with van der Waals surface area (Å²) < 4.78 is 15.3. The Hall–Kier alpha value is -7.40. The molecule has 12 aromatic rings. The van der Waals surface area contributed by atoms with Gasteiger partial charge in [0.05, 0.1) is 0 Å². The van der Waals surface area contributed by atoms with E-state index >= 15 is 0 Å². The molecular weight excluding hydrogens is 727 g/mol. The van der Waals surface area contributed by atoms with Gasteiger partial charge in [-0.05, 0) is 94.5 Å². The molecule has 3 aromatic heterocycles. The lowest BCUT2D eigenvalue weighted by Gasteiger charge is -2.26. The van der Waals surface area contributed by atoms with Gasteiger partial charge in [0.2, 0.25) is 0 Å². The molecular formula is C54H33NO2S. The molecule has 58 heavy (non-hydrogen) atoms.